The highest BCUT2D eigenvalue weighted by Crippen LogP contribution is 2.31. The number of para-hydroxylation sites is 1. The molecule has 0 saturated heterocycles. The fraction of sp³-hybridized carbons (Fsp3) is 0.154. The summed E-state index contributed by atoms with van der Waals surface area (Å²) in [5, 5.41) is 1.87. The lowest BCUT2D eigenvalue weighted by atomic mass is 10.2. The van der Waals surface area contributed by atoms with E-state index < -0.39 is 0 Å². The molecular weight excluding hydrogens is 422 g/mol. The molecule has 32 heavy (non-hydrogen) atoms. The Hall–Kier alpha value is -3.64. The molecule has 0 bridgehead atoms. The third-order valence-corrected chi connectivity index (χ3v) is 6.13. The summed E-state index contributed by atoms with van der Waals surface area (Å²) in [6, 6.07) is 24.9. The van der Waals surface area contributed by atoms with Crippen LogP contribution in [0.15, 0.2) is 88.1 Å². The second kappa shape index (κ2) is 9.24. The minimum absolute atomic E-state index is 0.362. The predicted molar refractivity (Wildman–Crippen MR) is 128 cm³/mol. The molecule has 5 nitrogen and oxygen atoms in total. The van der Waals surface area contributed by atoms with Crippen molar-refractivity contribution in [3.05, 3.63) is 89.3 Å². The van der Waals surface area contributed by atoms with Crippen LogP contribution in [0.2, 0.25) is 0 Å². The van der Waals surface area contributed by atoms with Gasteiger partial charge in [-0.15, -0.1) is 11.3 Å². The molecule has 2 aromatic heterocycles. The molecule has 5 rings (SSSR count). The van der Waals surface area contributed by atoms with Gasteiger partial charge >= 0.3 is 5.63 Å². The maximum absolute atomic E-state index is 11.4. The Balaban J connectivity index is 1.11. The number of fused-ring (bicyclic) bond motifs is 2. The van der Waals surface area contributed by atoms with Gasteiger partial charge in [0, 0.05) is 23.1 Å². The zero-order chi connectivity index (χ0) is 21.8. The summed E-state index contributed by atoms with van der Waals surface area (Å²) in [5.41, 5.74) is 2.26. The molecule has 6 heteroatoms. The number of unbranched alkanes of at least 4 members (excludes halogenated alkanes) is 1. The van der Waals surface area contributed by atoms with Crippen molar-refractivity contribution in [3.8, 4) is 22.1 Å². The summed E-state index contributed by atoms with van der Waals surface area (Å²) >= 11 is 1.69. The van der Waals surface area contributed by atoms with Crippen LogP contribution in [0.4, 0.5) is 0 Å². The van der Waals surface area contributed by atoms with Crippen LogP contribution in [0, 0.1) is 0 Å². The largest absolute Gasteiger partial charge is 0.494 e. The molecule has 0 amide bonds. The van der Waals surface area contributed by atoms with Crippen LogP contribution in [0.3, 0.4) is 0 Å². The SMILES string of the molecule is O=c1ccc2ccc(OCCCCOc3cccc(-c4nc5ccccc5s4)c3)cc2o1. The normalized spacial score (nSPS) is 11.1. The second-order valence-electron chi connectivity index (χ2n) is 7.37. The molecule has 0 aliphatic heterocycles. The predicted octanol–water partition coefficient (Wildman–Crippen LogP) is 6.31. The summed E-state index contributed by atoms with van der Waals surface area (Å²) in [7, 11) is 0. The molecule has 0 radical (unpaired) electrons. The maximum atomic E-state index is 11.4. The average molecular weight is 444 g/mol. The van der Waals surface area contributed by atoms with Crippen LogP contribution < -0.4 is 15.1 Å². The number of nitrogens with zero attached hydrogens (tertiary/aromatic N) is 1. The zero-order valence-electron chi connectivity index (χ0n) is 17.3. The summed E-state index contributed by atoms with van der Waals surface area (Å²) < 4.78 is 18.1. The van der Waals surface area contributed by atoms with Gasteiger partial charge in [0.1, 0.15) is 22.1 Å². The van der Waals surface area contributed by atoms with Crippen LogP contribution in [0.5, 0.6) is 11.5 Å². The lowest BCUT2D eigenvalue weighted by Crippen LogP contribution is -2.03. The number of hydrogen-bond donors (Lipinski definition) is 0. The lowest BCUT2D eigenvalue weighted by Gasteiger charge is -2.09. The first-order valence-electron chi connectivity index (χ1n) is 10.5. The average Bonchev–Trinajstić information content (AvgIpc) is 3.26. The maximum Gasteiger partial charge on any atom is 0.336 e. The Morgan fingerprint density at radius 2 is 1.59 bits per heavy atom. The van der Waals surface area contributed by atoms with Gasteiger partial charge in [-0.2, -0.15) is 0 Å². The van der Waals surface area contributed by atoms with Gasteiger partial charge in [-0.3, -0.25) is 0 Å². The zero-order valence-corrected chi connectivity index (χ0v) is 18.1. The van der Waals surface area contributed by atoms with E-state index in [0.717, 1.165) is 40.1 Å². The molecule has 0 N–H and O–H groups in total. The van der Waals surface area contributed by atoms with Gasteiger partial charge in [0.15, 0.2) is 0 Å². The minimum atomic E-state index is -0.362. The van der Waals surface area contributed by atoms with Crippen molar-refractivity contribution >= 4 is 32.5 Å². The van der Waals surface area contributed by atoms with Gasteiger partial charge in [-0.1, -0.05) is 24.3 Å². The monoisotopic (exact) mass is 443 g/mol. The fourth-order valence-corrected chi connectivity index (χ4v) is 4.39. The molecule has 0 aliphatic carbocycles. The van der Waals surface area contributed by atoms with E-state index in [0.29, 0.717) is 24.5 Å². The van der Waals surface area contributed by atoms with E-state index in [1.807, 2.05) is 48.5 Å². The van der Waals surface area contributed by atoms with Gasteiger partial charge in [0.05, 0.1) is 23.4 Å². The van der Waals surface area contributed by atoms with E-state index in [9.17, 15) is 4.79 Å². The lowest BCUT2D eigenvalue weighted by molar-refractivity contribution is 0.266. The van der Waals surface area contributed by atoms with Crippen molar-refractivity contribution < 1.29 is 13.9 Å². The first kappa shape index (κ1) is 20.3. The van der Waals surface area contributed by atoms with Crippen LogP contribution in [-0.2, 0) is 0 Å². The number of benzene rings is 3. The van der Waals surface area contributed by atoms with E-state index in [2.05, 4.69) is 12.1 Å². The number of ether oxygens (including phenoxy) is 2. The summed E-state index contributed by atoms with van der Waals surface area (Å²) in [6.45, 7) is 1.18. The third kappa shape index (κ3) is 4.65. The number of rotatable bonds is 8. The number of hydrogen-bond acceptors (Lipinski definition) is 6. The van der Waals surface area contributed by atoms with Gasteiger partial charge < -0.3 is 13.9 Å². The van der Waals surface area contributed by atoms with Crippen LogP contribution >= 0.6 is 11.3 Å². The Labute approximate surface area is 188 Å². The Morgan fingerprint density at radius 1 is 0.812 bits per heavy atom. The van der Waals surface area contributed by atoms with Crippen LogP contribution in [0.1, 0.15) is 12.8 Å². The summed E-state index contributed by atoms with van der Waals surface area (Å²) in [6.07, 6.45) is 1.72. The first-order chi connectivity index (χ1) is 15.7. The van der Waals surface area contributed by atoms with E-state index >= 15 is 0 Å². The minimum Gasteiger partial charge on any atom is -0.494 e. The molecule has 3 aromatic carbocycles. The number of thiazole rings is 1. The topological polar surface area (TPSA) is 61.6 Å². The van der Waals surface area contributed by atoms with Crippen molar-refractivity contribution in [1.82, 2.24) is 4.98 Å². The van der Waals surface area contributed by atoms with Crippen molar-refractivity contribution in [2.75, 3.05) is 13.2 Å². The van der Waals surface area contributed by atoms with E-state index in [1.54, 1.807) is 23.5 Å². The standard InChI is InChI=1S/C26H21NO4S/c28-25-13-11-18-10-12-21(17-23(18)31-25)30-15-4-3-14-29-20-7-5-6-19(16-20)26-27-22-8-1-2-9-24(22)32-26/h1-2,5-13,16-17H,3-4,14-15H2. The molecular formula is C26H21NO4S. The van der Waals surface area contributed by atoms with Crippen LogP contribution in [0.25, 0.3) is 31.8 Å². The summed E-state index contributed by atoms with van der Waals surface area (Å²) in [4.78, 5) is 16.1. The summed E-state index contributed by atoms with van der Waals surface area (Å²) in [5.74, 6) is 1.53. The van der Waals surface area contributed by atoms with Gasteiger partial charge in [0.2, 0.25) is 0 Å². The molecule has 0 atom stereocenters. The van der Waals surface area contributed by atoms with Crippen molar-refractivity contribution in [2.24, 2.45) is 0 Å². The van der Waals surface area contributed by atoms with Crippen LogP contribution in [-0.4, -0.2) is 18.2 Å². The molecule has 5 aromatic rings. The van der Waals surface area contributed by atoms with Gasteiger partial charge in [-0.05, 0) is 55.3 Å². The van der Waals surface area contributed by atoms with E-state index in [1.165, 1.54) is 10.8 Å². The highest BCUT2D eigenvalue weighted by molar-refractivity contribution is 7.21. The highest BCUT2D eigenvalue weighted by atomic mass is 32.1. The Kier molecular flexibility index (Phi) is 5.85. The first-order valence-corrected chi connectivity index (χ1v) is 11.3. The fourth-order valence-electron chi connectivity index (χ4n) is 3.43. The molecule has 0 saturated carbocycles. The molecule has 0 unspecified atom stereocenters. The molecule has 0 aliphatic rings. The molecule has 2 heterocycles. The second-order valence-corrected chi connectivity index (χ2v) is 8.40. The van der Waals surface area contributed by atoms with E-state index in [4.69, 9.17) is 18.9 Å². The quantitative estimate of drug-likeness (QED) is 0.208. The highest BCUT2D eigenvalue weighted by Gasteiger charge is 2.07. The van der Waals surface area contributed by atoms with E-state index in [-0.39, 0.29) is 5.63 Å². The molecule has 0 fully saturated rings. The molecule has 160 valence electrons. The molecule has 0 spiro atoms. The van der Waals surface area contributed by atoms with Crippen molar-refractivity contribution in [2.45, 2.75) is 12.8 Å². The Bertz CT molecular complexity index is 1390. The van der Waals surface area contributed by atoms with Crippen molar-refractivity contribution in [1.29, 1.82) is 0 Å². The smallest absolute Gasteiger partial charge is 0.336 e. The number of aromatic nitrogens is 1. The third-order valence-electron chi connectivity index (χ3n) is 5.05. The van der Waals surface area contributed by atoms with Gasteiger partial charge in [0.25, 0.3) is 0 Å². The van der Waals surface area contributed by atoms with Gasteiger partial charge in [-0.25, -0.2) is 9.78 Å². The Morgan fingerprint density at radius 3 is 2.44 bits per heavy atom. The van der Waals surface area contributed by atoms with Crippen molar-refractivity contribution in [3.63, 3.8) is 0 Å².